The summed E-state index contributed by atoms with van der Waals surface area (Å²) in [6.45, 7) is 3.44. The summed E-state index contributed by atoms with van der Waals surface area (Å²) < 4.78 is 1.33. The fourth-order valence-corrected chi connectivity index (χ4v) is 2.09. The maximum Gasteiger partial charge on any atom is 0.00993 e. The summed E-state index contributed by atoms with van der Waals surface area (Å²) in [5.41, 5.74) is 0. The molecular weight excluding hydrogens is 237 g/mol. The Labute approximate surface area is 77.1 Å². The van der Waals surface area contributed by atoms with Crippen LogP contribution in [0.15, 0.2) is 0 Å². The van der Waals surface area contributed by atoms with E-state index in [0.29, 0.717) is 0 Å². The quantitative estimate of drug-likeness (QED) is 0.585. The van der Waals surface area contributed by atoms with Crippen LogP contribution in [0.1, 0.15) is 26.2 Å². The molecule has 0 heterocycles. The number of alkyl halides is 1. The summed E-state index contributed by atoms with van der Waals surface area (Å²) in [7, 11) is 0. The summed E-state index contributed by atoms with van der Waals surface area (Å²) >= 11 is 2.46. The highest BCUT2D eigenvalue weighted by Crippen LogP contribution is 2.33. The van der Waals surface area contributed by atoms with Gasteiger partial charge in [0, 0.05) is 6.04 Å². The number of halogens is 1. The molecule has 0 aromatic carbocycles. The van der Waals surface area contributed by atoms with Crippen molar-refractivity contribution in [3.8, 4) is 0 Å². The highest BCUT2D eigenvalue weighted by molar-refractivity contribution is 14.1. The third kappa shape index (κ3) is 2.74. The van der Waals surface area contributed by atoms with E-state index in [2.05, 4.69) is 34.8 Å². The van der Waals surface area contributed by atoms with Crippen LogP contribution in [0, 0.1) is 5.92 Å². The molecule has 1 N–H and O–H groups in total. The lowest BCUT2D eigenvalue weighted by molar-refractivity contribution is 0.620. The van der Waals surface area contributed by atoms with Gasteiger partial charge in [-0.3, -0.25) is 0 Å². The van der Waals surface area contributed by atoms with Crippen LogP contribution in [-0.2, 0) is 0 Å². The van der Waals surface area contributed by atoms with Crippen LogP contribution in [0.2, 0.25) is 0 Å². The highest BCUT2D eigenvalue weighted by atomic mass is 127. The first kappa shape index (κ1) is 8.78. The summed E-state index contributed by atoms with van der Waals surface area (Å²) in [5, 5.41) is 3.54. The van der Waals surface area contributed by atoms with Crippen LogP contribution in [-0.4, -0.2) is 17.0 Å². The van der Waals surface area contributed by atoms with Gasteiger partial charge in [-0.2, -0.15) is 0 Å². The molecule has 1 saturated carbocycles. The van der Waals surface area contributed by atoms with E-state index in [4.69, 9.17) is 0 Å². The zero-order valence-corrected chi connectivity index (χ0v) is 8.73. The molecule has 0 radical (unpaired) electrons. The summed E-state index contributed by atoms with van der Waals surface area (Å²) in [6, 6.07) is 0.884. The Morgan fingerprint density at radius 2 is 2.40 bits per heavy atom. The Kier molecular flexibility index (Phi) is 3.99. The molecule has 0 aromatic heterocycles. The van der Waals surface area contributed by atoms with Gasteiger partial charge >= 0.3 is 0 Å². The predicted molar refractivity (Wildman–Crippen MR) is 53.7 cm³/mol. The van der Waals surface area contributed by atoms with Crippen LogP contribution in [0.5, 0.6) is 0 Å². The summed E-state index contributed by atoms with van der Waals surface area (Å²) in [4.78, 5) is 0. The first-order chi connectivity index (χ1) is 4.88. The second-order valence-corrected chi connectivity index (χ2v) is 4.11. The zero-order valence-electron chi connectivity index (χ0n) is 6.57. The molecule has 10 heavy (non-hydrogen) atoms. The lowest BCUT2D eigenvalue weighted by atomic mass is 10.3. The molecule has 60 valence electrons. The van der Waals surface area contributed by atoms with Gasteiger partial charge in [0.1, 0.15) is 0 Å². The average molecular weight is 253 g/mol. The van der Waals surface area contributed by atoms with Crippen molar-refractivity contribution in [3.05, 3.63) is 0 Å². The number of hydrogen-bond acceptors (Lipinski definition) is 1. The number of hydrogen-bond donors (Lipinski definition) is 1. The van der Waals surface area contributed by atoms with E-state index in [1.54, 1.807) is 0 Å². The van der Waals surface area contributed by atoms with E-state index in [9.17, 15) is 0 Å². The van der Waals surface area contributed by atoms with Crippen molar-refractivity contribution in [3.63, 3.8) is 0 Å². The van der Waals surface area contributed by atoms with Crippen LogP contribution in [0.4, 0.5) is 0 Å². The molecule has 1 fully saturated rings. The highest BCUT2D eigenvalue weighted by Gasteiger charge is 2.34. The molecule has 2 unspecified atom stereocenters. The van der Waals surface area contributed by atoms with Gasteiger partial charge in [-0.1, -0.05) is 29.5 Å². The Bertz CT molecular complexity index is 95.3. The van der Waals surface area contributed by atoms with Crippen molar-refractivity contribution in [2.24, 2.45) is 5.92 Å². The molecule has 1 aliphatic carbocycles. The monoisotopic (exact) mass is 253 g/mol. The largest absolute Gasteiger partial charge is 0.314 e. The Morgan fingerprint density at radius 1 is 1.60 bits per heavy atom. The molecule has 0 aliphatic heterocycles. The third-order valence-corrected chi connectivity index (χ3v) is 2.68. The van der Waals surface area contributed by atoms with Crippen molar-refractivity contribution in [2.45, 2.75) is 32.2 Å². The Morgan fingerprint density at radius 3 is 3.00 bits per heavy atom. The zero-order chi connectivity index (χ0) is 7.40. The van der Waals surface area contributed by atoms with Gasteiger partial charge in [-0.25, -0.2) is 0 Å². The van der Waals surface area contributed by atoms with E-state index in [-0.39, 0.29) is 0 Å². The third-order valence-electron chi connectivity index (χ3n) is 2.06. The molecule has 1 aliphatic rings. The molecule has 2 atom stereocenters. The van der Waals surface area contributed by atoms with Gasteiger partial charge in [0.25, 0.3) is 0 Å². The minimum absolute atomic E-state index is 0.884. The fourth-order valence-electron chi connectivity index (χ4n) is 1.29. The van der Waals surface area contributed by atoms with Crippen LogP contribution >= 0.6 is 22.6 Å². The topological polar surface area (TPSA) is 12.0 Å². The van der Waals surface area contributed by atoms with E-state index < -0.39 is 0 Å². The molecule has 0 saturated heterocycles. The molecule has 0 aromatic rings. The summed E-state index contributed by atoms with van der Waals surface area (Å²) in [5.74, 6) is 1.02. The van der Waals surface area contributed by atoms with Gasteiger partial charge in [0.15, 0.2) is 0 Å². The second kappa shape index (κ2) is 4.54. The normalized spacial score (nSPS) is 30.6. The maximum absolute atomic E-state index is 3.54. The minimum atomic E-state index is 0.884. The second-order valence-electron chi connectivity index (χ2n) is 3.03. The first-order valence-electron chi connectivity index (χ1n) is 4.17. The average Bonchev–Trinajstić information content (AvgIpc) is 2.65. The maximum atomic E-state index is 3.54. The van der Waals surface area contributed by atoms with Crippen molar-refractivity contribution in [1.29, 1.82) is 0 Å². The lowest BCUT2D eigenvalue weighted by Gasteiger charge is -1.99. The van der Waals surface area contributed by atoms with Crippen molar-refractivity contribution in [1.82, 2.24) is 5.32 Å². The number of rotatable bonds is 5. The van der Waals surface area contributed by atoms with Crippen molar-refractivity contribution in [2.75, 3.05) is 11.0 Å². The predicted octanol–water partition coefficient (Wildman–Crippen LogP) is 2.20. The standard InChI is InChI=1S/C8H16IN/c1-2-5-10-8-6-7(8)3-4-9/h7-8,10H,2-6H2,1H3. The SMILES string of the molecule is CCCNC1CC1CCI. The van der Waals surface area contributed by atoms with Crippen molar-refractivity contribution >= 4 is 22.6 Å². The Hall–Kier alpha value is 0.690. The smallest absolute Gasteiger partial charge is 0.00993 e. The van der Waals surface area contributed by atoms with Gasteiger partial charge in [0.2, 0.25) is 0 Å². The Balaban J connectivity index is 1.92. The molecule has 0 bridgehead atoms. The first-order valence-corrected chi connectivity index (χ1v) is 5.70. The number of nitrogens with one attached hydrogen (secondary N) is 1. The van der Waals surface area contributed by atoms with Gasteiger partial charge in [0.05, 0.1) is 0 Å². The fraction of sp³-hybridized carbons (Fsp3) is 1.00. The van der Waals surface area contributed by atoms with Gasteiger partial charge in [-0.05, 0) is 36.2 Å². The molecule has 0 amide bonds. The molecule has 1 nitrogen and oxygen atoms in total. The van der Waals surface area contributed by atoms with Crippen LogP contribution in [0.3, 0.4) is 0 Å². The lowest BCUT2D eigenvalue weighted by Crippen LogP contribution is -2.18. The molecule has 1 rings (SSSR count). The summed E-state index contributed by atoms with van der Waals surface area (Å²) in [6.07, 6.45) is 4.12. The van der Waals surface area contributed by atoms with E-state index >= 15 is 0 Å². The van der Waals surface area contributed by atoms with E-state index in [1.807, 2.05) is 0 Å². The minimum Gasteiger partial charge on any atom is -0.314 e. The van der Waals surface area contributed by atoms with Crippen LogP contribution in [0.25, 0.3) is 0 Å². The molecular formula is C8H16IN. The van der Waals surface area contributed by atoms with Gasteiger partial charge < -0.3 is 5.32 Å². The van der Waals surface area contributed by atoms with Gasteiger partial charge in [-0.15, -0.1) is 0 Å². The molecule has 0 spiro atoms. The van der Waals surface area contributed by atoms with Crippen molar-refractivity contribution < 1.29 is 0 Å². The van der Waals surface area contributed by atoms with E-state index in [1.165, 1.54) is 30.2 Å². The molecule has 2 heteroatoms. The van der Waals surface area contributed by atoms with Crippen LogP contribution < -0.4 is 5.32 Å². The van der Waals surface area contributed by atoms with E-state index in [0.717, 1.165) is 12.0 Å².